The first-order valence-corrected chi connectivity index (χ1v) is 11.4. The average molecular weight is 461 g/mol. The van der Waals surface area contributed by atoms with Gasteiger partial charge in [-0.05, 0) is 63.1 Å². The maximum Gasteiger partial charge on any atom is 0.235 e. The summed E-state index contributed by atoms with van der Waals surface area (Å²) >= 11 is 1.30. The molecule has 0 radical (unpaired) electrons. The number of nitrogens with one attached hydrogen (secondary N) is 1. The van der Waals surface area contributed by atoms with Gasteiger partial charge in [0.25, 0.3) is 0 Å². The molecular weight excluding hydrogens is 436 g/mol. The van der Waals surface area contributed by atoms with Crippen molar-refractivity contribution in [2.75, 3.05) is 11.1 Å². The Bertz CT molecular complexity index is 1340. The second-order valence-corrected chi connectivity index (χ2v) is 8.69. The van der Waals surface area contributed by atoms with Crippen LogP contribution in [0.25, 0.3) is 5.69 Å². The van der Waals surface area contributed by atoms with Crippen molar-refractivity contribution < 1.29 is 9.21 Å². The number of benzene rings is 1. The van der Waals surface area contributed by atoms with E-state index in [4.69, 9.17) is 4.42 Å². The molecule has 168 valence electrons. The lowest BCUT2D eigenvalue weighted by molar-refractivity contribution is -0.113. The van der Waals surface area contributed by atoms with Gasteiger partial charge in [-0.1, -0.05) is 23.9 Å². The van der Waals surface area contributed by atoms with Crippen LogP contribution in [0.3, 0.4) is 0 Å². The molecule has 0 spiro atoms. The van der Waals surface area contributed by atoms with Crippen molar-refractivity contribution >= 4 is 23.5 Å². The molecule has 0 fully saturated rings. The number of carbonyl (C=O) groups excluding carboxylic acids is 1. The van der Waals surface area contributed by atoms with Crippen molar-refractivity contribution in [1.82, 2.24) is 19.3 Å². The Morgan fingerprint density at radius 1 is 1.18 bits per heavy atom. The first-order valence-electron chi connectivity index (χ1n) is 10.4. The van der Waals surface area contributed by atoms with Gasteiger partial charge in [0.1, 0.15) is 23.5 Å². The lowest BCUT2D eigenvalue weighted by atomic mass is 10.2. The summed E-state index contributed by atoms with van der Waals surface area (Å²) in [4.78, 5) is 12.9. The number of nitrogens with zero attached hydrogens (tertiary/aromatic N) is 5. The molecule has 33 heavy (non-hydrogen) atoms. The fourth-order valence-electron chi connectivity index (χ4n) is 3.69. The molecule has 4 aromatic rings. The monoisotopic (exact) mass is 460 g/mol. The van der Waals surface area contributed by atoms with Gasteiger partial charge < -0.3 is 14.3 Å². The van der Waals surface area contributed by atoms with Crippen molar-refractivity contribution in [2.24, 2.45) is 0 Å². The summed E-state index contributed by atoms with van der Waals surface area (Å²) in [5, 5.41) is 21.7. The van der Waals surface area contributed by atoms with E-state index < -0.39 is 0 Å². The molecule has 8 nitrogen and oxygen atoms in total. The first-order chi connectivity index (χ1) is 15.9. The van der Waals surface area contributed by atoms with Gasteiger partial charge >= 0.3 is 0 Å². The van der Waals surface area contributed by atoms with Gasteiger partial charge in [0.05, 0.1) is 24.1 Å². The highest BCUT2D eigenvalue weighted by Crippen LogP contribution is 2.28. The van der Waals surface area contributed by atoms with Crippen LogP contribution in [-0.2, 0) is 11.3 Å². The molecule has 0 atom stereocenters. The quantitative estimate of drug-likeness (QED) is 0.406. The third-order valence-corrected chi connectivity index (χ3v) is 6.41. The van der Waals surface area contributed by atoms with Crippen LogP contribution < -0.4 is 5.32 Å². The third-order valence-electron chi connectivity index (χ3n) is 5.48. The average Bonchev–Trinajstić information content (AvgIpc) is 3.49. The molecule has 0 bridgehead atoms. The maximum absolute atomic E-state index is 12.9. The van der Waals surface area contributed by atoms with Gasteiger partial charge in [-0.25, -0.2) is 0 Å². The van der Waals surface area contributed by atoms with E-state index in [0.717, 1.165) is 34.1 Å². The number of carbonyl (C=O) groups is 1. The van der Waals surface area contributed by atoms with Crippen LogP contribution in [0.2, 0.25) is 0 Å². The van der Waals surface area contributed by atoms with Crippen molar-refractivity contribution in [1.29, 1.82) is 5.26 Å². The van der Waals surface area contributed by atoms with Crippen molar-refractivity contribution in [3.8, 4) is 11.8 Å². The fourth-order valence-corrected chi connectivity index (χ4v) is 4.48. The summed E-state index contributed by atoms with van der Waals surface area (Å²) in [6, 6.07) is 13.9. The fraction of sp³-hybridized carbons (Fsp3) is 0.250. The molecule has 9 heteroatoms. The smallest absolute Gasteiger partial charge is 0.235 e. The molecule has 1 amide bonds. The number of nitriles is 1. The predicted octanol–water partition coefficient (Wildman–Crippen LogP) is 4.55. The molecule has 0 unspecified atom stereocenters. The van der Waals surface area contributed by atoms with Crippen molar-refractivity contribution in [3.05, 3.63) is 76.6 Å². The molecule has 0 aliphatic heterocycles. The third kappa shape index (κ3) is 4.56. The summed E-state index contributed by atoms with van der Waals surface area (Å²) in [7, 11) is 0. The zero-order valence-corrected chi connectivity index (χ0v) is 19.7. The zero-order chi connectivity index (χ0) is 23.5. The van der Waals surface area contributed by atoms with E-state index in [-0.39, 0.29) is 11.7 Å². The van der Waals surface area contributed by atoms with E-state index in [1.807, 2.05) is 73.2 Å². The van der Waals surface area contributed by atoms with Crippen LogP contribution >= 0.6 is 11.8 Å². The summed E-state index contributed by atoms with van der Waals surface area (Å²) in [6.07, 6.45) is 1.60. The summed E-state index contributed by atoms with van der Waals surface area (Å²) in [5.74, 6) is 1.86. The van der Waals surface area contributed by atoms with E-state index in [0.29, 0.717) is 23.1 Å². The van der Waals surface area contributed by atoms with E-state index in [1.54, 1.807) is 6.26 Å². The number of aromatic nitrogens is 4. The predicted molar refractivity (Wildman–Crippen MR) is 127 cm³/mol. The standard InChI is InChI=1S/C24H24N6O2S/c1-15-7-5-8-19(11-15)30-18(4)27-28-24(30)33-14-22(31)26-23-21(12-25)16(2)17(3)29(23)13-20-9-6-10-32-20/h5-11H,13-14H2,1-4H3,(H,26,31). The SMILES string of the molecule is Cc1cccc(-n2c(C)nnc2SCC(=O)Nc2c(C#N)c(C)c(C)n2Cc2ccco2)c1. The Hall–Kier alpha value is -3.77. The van der Waals surface area contributed by atoms with E-state index in [2.05, 4.69) is 21.6 Å². The van der Waals surface area contributed by atoms with Crippen LogP contribution in [0, 0.1) is 39.0 Å². The molecule has 3 aromatic heterocycles. The van der Waals surface area contributed by atoms with Crippen LogP contribution in [-0.4, -0.2) is 31.0 Å². The molecule has 0 aliphatic carbocycles. The minimum Gasteiger partial charge on any atom is -0.467 e. The van der Waals surface area contributed by atoms with Crippen LogP contribution in [0.4, 0.5) is 5.82 Å². The Morgan fingerprint density at radius 3 is 2.70 bits per heavy atom. The molecule has 0 saturated heterocycles. The lowest BCUT2D eigenvalue weighted by Crippen LogP contribution is -2.19. The topological polar surface area (TPSA) is 102 Å². The Kier molecular flexibility index (Phi) is 6.38. The molecule has 0 saturated carbocycles. The molecular formula is C24H24N6O2S. The van der Waals surface area contributed by atoms with Crippen LogP contribution in [0.1, 0.15) is 34.0 Å². The number of furan rings is 1. The number of rotatable bonds is 7. The number of aryl methyl sites for hydroxylation is 2. The molecule has 3 heterocycles. The summed E-state index contributed by atoms with van der Waals surface area (Å²) < 4.78 is 9.30. The molecule has 0 aliphatic rings. The van der Waals surface area contributed by atoms with Gasteiger partial charge in [-0.3, -0.25) is 9.36 Å². The lowest BCUT2D eigenvalue weighted by Gasteiger charge is -2.12. The van der Waals surface area contributed by atoms with Crippen molar-refractivity contribution in [3.63, 3.8) is 0 Å². The normalized spacial score (nSPS) is 10.9. The number of hydrogen-bond donors (Lipinski definition) is 1. The first kappa shape index (κ1) is 22.4. The molecule has 1 aromatic carbocycles. The zero-order valence-electron chi connectivity index (χ0n) is 18.9. The molecule has 1 N–H and O–H groups in total. The van der Waals surface area contributed by atoms with E-state index in [9.17, 15) is 10.1 Å². The minimum atomic E-state index is -0.230. The van der Waals surface area contributed by atoms with Gasteiger partial charge in [0.15, 0.2) is 5.16 Å². The number of thioether (sulfide) groups is 1. The summed E-state index contributed by atoms with van der Waals surface area (Å²) in [6.45, 7) is 8.13. The highest BCUT2D eigenvalue weighted by atomic mass is 32.2. The highest BCUT2D eigenvalue weighted by Gasteiger charge is 2.21. The van der Waals surface area contributed by atoms with Gasteiger partial charge in [-0.2, -0.15) is 5.26 Å². The number of anilines is 1. The largest absolute Gasteiger partial charge is 0.467 e. The van der Waals surface area contributed by atoms with E-state index in [1.165, 1.54) is 11.8 Å². The Morgan fingerprint density at radius 2 is 2.00 bits per heavy atom. The number of amides is 1. The maximum atomic E-state index is 12.9. The minimum absolute atomic E-state index is 0.124. The highest BCUT2D eigenvalue weighted by molar-refractivity contribution is 7.99. The second-order valence-electron chi connectivity index (χ2n) is 7.75. The Balaban J connectivity index is 1.54. The Labute approximate surface area is 196 Å². The van der Waals surface area contributed by atoms with Crippen molar-refractivity contribution in [2.45, 2.75) is 39.4 Å². The van der Waals surface area contributed by atoms with Gasteiger partial charge in [0.2, 0.25) is 5.91 Å². The van der Waals surface area contributed by atoms with Crippen LogP contribution in [0.5, 0.6) is 0 Å². The van der Waals surface area contributed by atoms with Gasteiger partial charge in [0, 0.05) is 11.4 Å². The van der Waals surface area contributed by atoms with E-state index >= 15 is 0 Å². The van der Waals surface area contributed by atoms with Gasteiger partial charge in [-0.15, -0.1) is 10.2 Å². The second kappa shape index (κ2) is 9.38. The number of hydrogen-bond acceptors (Lipinski definition) is 6. The molecule has 4 rings (SSSR count). The summed E-state index contributed by atoms with van der Waals surface area (Å²) in [5.41, 5.74) is 4.27. The van der Waals surface area contributed by atoms with Crippen LogP contribution in [0.15, 0.2) is 52.2 Å².